The molecule has 3 nitrogen and oxygen atoms in total. The minimum atomic E-state index is 0.596. The smallest absolute Gasteiger partial charge is 0.0635 e. The van der Waals surface area contributed by atoms with Gasteiger partial charge in [0.2, 0.25) is 0 Å². The molecule has 78 valence electrons. The second kappa shape index (κ2) is 5.62. The summed E-state index contributed by atoms with van der Waals surface area (Å²) in [7, 11) is 1.70. The summed E-state index contributed by atoms with van der Waals surface area (Å²) in [6, 6.07) is 6.21. The Morgan fingerprint density at radius 2 is 2.21 bits per heavy atom. The normalized spacial score (nSPS) is 10.2. The first-order valence-corrected chi connectivity index (χ1v) is 4.80. The Balaban J connectivity index is 2.59. The molecule has 0 aliphatic carbocycles. The highest BCUT2D eigenvalue weighted by Gasteiger charge is 1.97. The number of nitrogens with two attached hydrogens (primary N) is 1. The summed E-state index contributed by atoms with van der Waals surface area (Å²) >= 11 is 0. The molecule has 0 spiro atoms. The lowest BCUT2D eigenvalue weighted by molar-refractivity contribution is 0.211. The highest BCUT2D eigenvalue weighted by molar-refractivity contribution is 5.52. The minimum Gasteiger partial charge on any atom is -0.383 e. The van der Waals surface area contributed by atoms with E-state index in [1.165, 1.54) is 11.1 Å². The van der Waals surface area contributed by atoms with Crippen molar-refractivity contribution in [3.05, 3.63) is 29.3 Å². The maximum Gasteiger partial charge on any atom is 0.0635 e. The van der Waals surface area contributed by atoms with Crippen LogP contribution in [0.5, 0.6) is 0 Å². The number of methoxy groups -OCH3 is 1. The molecule has 0 heterocycles. The number of ether oxygens (including phenoxy) is 1. The third-order valence-corrected chi connectivity index (χ3v) is 2.15. The summed E-state index contributed by atoms with van der Waals surface area (Å²) in [5, 5.41) is 3.30. The van der Waals surface area contributed by atoms with Gasteiger partial charge in [-0.1, -0.05) is 12.1 Å². The van der Waals surface area contributed by atoms with Crippen LogP contribution in [-0.4, -0.2) is 20.3 Å². The Hall–Kier alpha value is -1.06. The van der Waals surface area contributed by atoms with Gasteiger partial charge >= 0.3 is 0 Å². The quantitative estimate of drug-likeness (QED) is 0.698. The fourth-order valence-electron chi connectivity index (χ4n) is 1.34. The van der Waals surface area contributed by atoms with Crippen molar-refractivity contribution in [2.75, 3.05) is 25.6 Å². The van der Waals surface area contributed by atoms with Crippen molar-refractivity contribution in [2.45, 2.75) is 13.5 Å². The summed E-state index contributed by atoms with van der Waals surface area (Å²) < 4.78 is 4.97. The standard InChI is InChI=1S/C11H18N2O/c1-9-7-10(8-12)3-4-11(9)13-5-6-14-2/h3-4,7,13H,5-6,8,12H2,1-2H3. The lowest BCUT2D eigenvalue weighted by Gasteiger charge is -2.10. The monoisotopic (exact) mass is 194 g/mol. The first kappa shape index (κ1) is 11.0. The van der Waals surface area contributed by atoms with Crippen LogP contribution in [0, 0.1) is 6.92 Å². The molecule has 0 fully saturated rings. The Morgan fingerprint density at radius 1 is 1.43 bits per heavy atom. The summed E-state index contributed by atoms with van der Waals surface area (Å²) in [5.74, 6) is 0. The zero-order valence-electron chi connectivity index (χ0n) is 8.84. The van der Waals surface area contributed by atoms with E-state index in [4.69, 9.17) is 10.5 Å². The largest absolute Gasteiger partial charge is 0.383 e. The Kier molecular flexibility index (Phi) is 4.43. The van der Waals surface area contributed by atoms with E-state index < -0.39 is 0 Å². The van der Waals surface area contributed by atoms with Crippen LogP contribution in [0.15, 0.2) is 18.2 Å². The molecule has 0 amide bonds. The van der Waals surface area contributed by atoms with Crippen molar-refractivity contribution >= 4 is 5.69 Å². The van der Waals surface area contributed by atoms with Gasteiger partial charge in [0.05, 0.1) is 6.61 Å². The molecule has 0 atom stereocenters. The van der Waals surface area contributed by atoms with Crippen molar-refractivity contribution in [3.8, 4) is 0 Å². The van der Waals surface area contributed by atoms with Crippen LogP contribution in [0.25, 0.3) is 0 Å². The van der Waals surface area contributed by atoms with Gasteiger partial charge in [-0.05, 0) is 24.1 Å². The molecular formula is C11H18N2O. The SMILES string of the molecule is COCCNc1ccc(CN)cc1C. The van der Waals surface area contributed by atoms with Gasteiger partial charge in [-0.3, -0.25) is 0 Å². The molecule has 1 aromatic rings. The van der Waals surface area contributed by atoms with Crippen LogP contribution < -0.4 is 11.1 Å². The highest BCUT2D eigenvalue weighted by Crippen LogP contribution is 2.15. The van der Waals surface area contributed by atoms with E-state index in [-0.39, 0.29) is 0 Å². The van der Waals surface area contributed by atoms with E-state index in [0.717, 1.165) is 18.8 Å². The molecule has 0 aliphatic heterocycles. The Morgan fingerprint density at radius 3 is 2.79 bits per heavy atom. The molecule has 0 aliphatic rings. The van der Waals surface area contributed by atoms with Gasteiger partial charge in [-0.2, -0.15) is 0 Å². The molecule has 0 saturated heterocycles. The molecule has 0 radical (unpaired) electrons. The number of nitrogens with one attached hydrogen (secondary N) is 1. The molecule has 1 aromatic carbocycles. The fraction of sp³-hybridized carbons (Fsp3) is 0.455. The lowest BCUT2D eigenvalue weighted by Crippen LogP contribution is -2.09. The van der Waals surface area contributed by atoms with Crippen LogP contribution in [0.4, 0.5) is 5.69 Å². The van der Waals surface area contributed by atoms with Crippen LogP contribution >= 0.6 is 0 Å². The van der Waals surface area contributed by atoms with Crippen molar-refractivity contribution in [3.63, 3.8) is 0 Å². The molecule has 1 rings (SSSR count). The van der Waals surface area contributed by atoms with Crippen molar-refractivity contribution in [1.82, 2.24) is 0 Å². The lowest BCUT2D eigenvalue weighted by atomic mass is 10.1. The number of anilines is 1. The number of hydrogen-bond donors (Lipinski definition) is 2. The third-order valence-electron chi connectivity index (χ3n) is 2.15. The van der Waals surface area contributed by atoms with Gasteiger partial charge in [0.25, 0.3) is 0 Å². The summed E-state index contributed by atoms with van der Waals surface area (Å²) in [5.41, 5.74) is 9.09. The zero-order valence-corrected chi connectivity index (χ0v) is 8.84. The van der Waals surface area contributed by atoms with E-state index in [9.17, 15) is 0 Å². The third kappa shape index (κ3) is 3.01. The molecule has 14 heavy (non-hydrogen) atoms. The predicted octanol–water partition coefficient (Wildman–Crippen LogP) is 1.51. The molecule has 3 heteroatoms. The van der Waals surface area contributed by atoms with Gasteiger partial charge in [0.15, 0.2) is 0 Å². The summed E-state index contributed by atoms with van der Waals surface area (Å²) in [6.45, 7) is 4.23. The number of aryl methyl sites for hydroxylation is 1. The van der Waals surface area contributed by atoms with Crippen LogP contribution in [0.3, 0.4) is 0 Å². The topological polar surface area (TPSA) is 47.3 Å². The first-order chi connectivity index (χ1) is 6.77. The van der Waals surface area contributed by atoms with Gasteiger partial charge in [0, 0.05) is 25.9 Å². The van der Waals surface area contributed by atoms with E-state index in [1.54, 1.807) is 7.11 Å². The maximum absolute atomic E-state index is 5.55. The van der Waals surface area contributed by atoms with E-state index in [1.807, 2.05) is 6.07 Å². The van der Waals surface area contributed by atoms with Crippen LogP contribution in [0.2, 0.25) is 0 Å². The Bertz CT molecular complexity index is 287. The average Bonchev–Trinajstić information content (AvgIpc) is 2.20. The maximum atomic E-state index is 5.55. The van der Waals surface area contributed by atoms with Gasteiger partial charge in [-0.15, -0.1) is 0 Å². The first-order valence-electron chi connectivity index (χ1n) is 4.80. The number of hydrogen-bond acceptors (Lipinski definition) is 3. The molecule has 0 saturated carbocycles. The van der Waals surface area contributed by atoms with Crippen LogP contribution in [0.1, 0.15) is 11.1 Å². The van der Waals surface area contributed by atoms with E-state index in [0.29, 0.717) is 6.54 Å². The van der Waals surface area contributed by atoms with Gasteiger partial charge in [-0.25, -0.2) is 0 Å². The second-order valence-corrected chi connectivity index (χ2v) is 3.27. The van der Waals surface area contributed by atoms with E-state index >= 15 is 0 Å². The average molecular weight is 194 g/mol. The van der Waals surface area contributed by atoms with Gasteiger partial charge in [0.1, 0.15) is 0 Å². The summed E-state index contributed by atoms with van der Waals surface area (Å²) in [6.07, 6.45) is 0. The molecule has 3 N–H and O–H groups in total. The van der Waals surface area contributed by atoms with Crippen molar-refractivity contribution < 1.29 is 4.74 Å². The number of rotatable bonds is 5. The number of benzene rings is 1. The fourth-order valence-corrected chi connectivity index (χ4v) is 1.34. The molecule has 0 unspecified atom stereocenters. The molecule has 0 aromatic heterocycles. The minimum absolute atomic E-state index is 0.596. The predicted molar refractivity (Wildman–Crippen MR) is 59.4 cm³/mol. The molecular weight excluding hydrogens is 176 g/mol. The summed E-state index contributed by atoms with van der Waals surface area (Å²) in [4.78, 5) is 0. The van der Waals surface area contributed by atoms with E-state index in [2.05, 4.69) is 24.4 Å². The van der Waals surface area contributed by atoms with Crippen molar-refractivity contribution in [2.24, 2.45) is 5.73 Å². The second-order valence-electron chi connectivity index (χ2n) is 3.27. The highest BCUT2D eigenvalue weighted by atomic mass is 16.5. The van der Waals surface area contributed by atoms with Gasteiger partial charge < -0.3 is 15.8 Å². The molecule has 0 bridgehead atoms. The zero-order chi connectivity index (χ0) is 10.4. The van der Waals surface area contributed by atoms with Crippen LogP contribution in [-0.2, 0) is 11.3 Å². The van der Waals surface area contributed by atoms with Crippen molar-refractivity contribution in [1.29, 1.82) is 0 Å². The Labute approximate surface area is 85.3 Å².